The highest BCUT2D eigenvalue weighted by Crippen LogP contribution is 2.17. The minimum absolute atomic E-state index is 0.0295. The Morgan fingerprint density at radius 1 is 1.15 bits per heavy atom. The molecule has 2 aromatic heterocycles. The van der Waals surface area contributed by atoms with Crippen molar-refractivity contribution in [3.05, 3.63) is 81.8 Å². The predicted octanol–water partition coefficient (Wildman–Crippen LogP) is 2.98. The van der Waals surface area contributed by atoms with E-state index in [9.17, 15) is 14.0 Å². The molecular formula is C24H25FN4O3S. The molecule has 3 aromatic rings. The van der Waals surface area contributed by atoms with E-state index < -0.39 is 0 Å². The molecule has 1 aliphatic heterocycles. The molecule has 2 amide bonds. The van der Waals surface area contributed by atoms with Gasteiger partial charge >= 0.3 is 0 Å². The molecule has 33 heavy (non-hydrogen) atoms. The van der Waals surface area contributed by atoms with Gasteiger partial charge < -0.3 is 14.5 Å². The van der Waals surface area contributed by atoms with Gasteiger partial charge in [-0.1, -0.05) is 12.1 Å². The predicted molar refractivity (Wildman–Crippen MR) is 122 cm³/mol. The smallest absolute Gasteiger partial charge is 0.242 e. The van der Waals surface area contributed by atoms with Crippen LogP contribution < -0.4 is 0 Å². The van der Waals surface area contributed by atoms with Crippen LogP contribution in [0.2, 0.25) is 0 Å². The Kier molecular flexibility index (Phi) is 7.41. The van der Waals surface area contributed by atoms with E-state index in [2.05, 4.69) is 9.97 Å². The van der Waals surface area contributed by atoms with Crippen LogP contribution in [0.5, 0.6) is 0 Å². The lowest BCUT2D eigenvalue weighted by molar-refractivity contribution is -0.138. The number of halogens is 1. The molecule has 1 aliphatic rings. The van der Waals surface area contributed by atoms with Gasteiger partial charge in [0.1, 0.15) is 5.82 Å². The third-order valence-corrected chi connectivity index (χ3v) is 6.22. The maximum Gasteiger partial charge on any atom is 0.242 e. The number of benzene rings is 1. The van der Waals surface area contributed by atoms with Gasteiger partial charge in [0, 0.05) is 30.9 Å². The van der Waals surface area contributed by atoms with Gasteiger partial charge in [-0.25, -0.2) is 9.37 Å². The Bertz CT molecular complexity index is 1090. The van der Waals surface area contributed by atoms with Gasteiger partial charge in [-0.2, -0.15) is 0 Å². The molecule has 7 nitrogen and oxygen atoms in total. The Hall–Kier alpha value is -3.17. The maximum atomic E-state index is 13.2. The average molecular weight is 469 g/mol. The molecule has 4 rings (SSSR count). The minimum atomic E-state index is -0.360. The van der Waals surface area contributed by atoms with Gasteiger partial charge in [-0.3, -0.25) is 14.6 Å². The van der Waals surface area contributed by atoms with Gasteiger partial charge in [-0.15, -0.1) is 11.3 Å². The van der Waals surface area contributed by atoms with Gasteiger partial charge in [0.25, 0.3) is 0 Å². The van der Waals surface area contributed by atoms with Crippen molar-refractivity contribution in [3.63, 3.8) is 0 Å². The number of carbonyl (C=O) groups excluding carboxylic acids is 2. The third kappa shape index (κ3) is 6.43. The number of aromatic nitrogens is 2. The van der Waals surface area contributed by atoms with Gasteiger partial charge in [0.15, 0.2) is 0 Å². The van der Waals surface area contributed by atoms with E-state index in [1.807, 2.05) is 24.4 Å². The zero-order chi connectivity index (χ0) is 23.2. The van der Waals surface area contributed by atoms with Gasteiger partial charge in [0.2, 0.25) is 11.8 Å². The van der Waals surface area contributed by atoms with Crippen LogP contribution in [0.15, 0.2) is 54.2 Å². The van der Waals surface area contributed by atoms with Crippen LogP contribution >= 0.6 is 11.3 Å². The van der Waals surface area contributed by atoms with E-state index in [0.29, 0.717) is 31.8 Å². The molecule has 0 saturated carbocycles. The fraction of sp³-hybridized carbons (Fsp3) is 0.333. The van der Waals surface area contributed by atoms with Gasteiger partial charge in [0.05, 0.1) is 42.9 Å². The van der Waals surface area contributed by atoms with Crippen molar-refractivity contribution in [2.45, 2.75) is 32.6 Å². The lowest BCUT2D eigenvalue weighted by Gasteiger charge is -2.24. The second kappa shape index (κ2) is 10.6. The molecule has 1 atom stereocenters. The summed E-state index contributed by atoms with van der Waals surface area (Å²) in [5, 5.41) is 2.88. The van der Waals surface area contributed by atoms with Crippen molar-refractivity contribution in [1.29, 1.82) is 0 Å². The molecule has 0 N–H and O–H groups in total. The summed E-state index contributed by atoms with van der Waals surface area (Å²) in [5.74, 6) is -0.699. The first-order chi connectivity index (χ1) is 16.0. The number of nitrogens with zero attached hydrogens (tertiary/aromatic N) is 4. The number of hydrogen-bond donors (Lipinski definition) is 0. The van der Waals surface area contributed by atoms with Crippen LogP contribution in [0.25, 0.3) is 0 Å². The zero-order valence-electron chi connectivity index (χ0n) is 18.3. The van der Waals surface area contributed by atoms with E-state index in [1.165, 1.54) is 28.4 Å². The van der Waals surface area contributed by atoms with Crippen LogP contribution in [0.1, 0.15) is 21.8 Å². The van der Waals surface area contributed by atoms with Crippen LogP contribution in [0.4, 0.5) is 4.39 Å². The number of pyridine rings is 1. The summed E-state index contributed by atoms with van der Waals surface area (Å²) in [7, 11) is 0. The third-order valence-electron chi connectivity index (χ3n) is 5.40. The molecule has 172 valence electrons. The van der Waals surface area contributed by atoms with E-state index >= 15 is 0 Å². The first kappa shape index (κ1) is 23.0. The van der Waals surface area contributed by atoms with E-state index in [0.717, 1.165) is 16.3 Å². The van der Waals surface area contributed by atoms with E-state index in [1.54, 1.807) is 29.4 Å². The van der Waals surface area contributed by atoms with Crippen molar-refractivity contribution in [2.75, 3.05) is 19.6 Å². The normalized spacial score (nSPS) is 16.7. The Morgan fingerprint density at radius 3 is 2.61 bits per heavy atom. The summed E-state index contributed by atoms with van der Waals surface area (Å²) < 4.78 is 19.3. The van der Waals surface area contributed by atoms with Gasteiger partial charge in [-0.05, 0) is 42.3 Å². The SMILES string of the molecule is Cc1nc(CN2C[C@H](OCc3ccncc3)CN(C(=O)Cc3ccc(F)cc3)CC2=O)cs1. The highest BCUT2D eigenvalue weighted by molar-refractivity contribution is 7.09. The van der Waals surface area contributed by atoms with Crippen LogP contribution in [-0.2, 0) is 33.9 Å². The molecular weight excluding hydrogens is 443 g/mol. The Balaban J connectivity index is 1.48. The molecule has 9 heteroatoms. The molecule has 3 heterocycles. The van der Waals surface area contributed by atoms with Crippen molar-refractivity contribution >= 4 is 23.2 Å². The number of amides is 2. The number of ether oxygens (including phenoxy) is 1. The number of hydrogen-bond acceptors (Lipinski definition) is 6. The number of aryl methyl sites for hydroxylation is 1. The fourth-order valence-electron chi connectivity index (χ4n) is 3.69. The minimum Gasteiger partial charge on any atom is -0.370 e. The molecule has 0 spiro atoms. The van der Waals surface area contributed by atoms with Crippen molar-refractivity contribution in [2.24, 2.45) is 0 Å². The first-order valence-electron chi connectivity index (χ1n) is 10.7. The summed E-state index contributed by atoms with van der Waals surface area (Å²) in [5.41, 5.74) is 2.48. The largest absolute Gasteiger partial charge is 0.370 e. The summed E-state index contributed by atoms with van der Waals surface area (Å²) in [6.07, 6.45) is 3.13. The summed E-state index contributed by atoms with van der Waals surface area (Å²) in [6.45, 7) is 3.28. The molecule has 1 aromatic carbocycles. The van der Waals surface area contributed by atoms with Crippen molar-refractivity contribution in [1.82, 2.24) is 19.8 Å². The summed E-state index contributed by atoms with van der Waals surface area (Å²) in [4.78, 5) is 37.8. The number of thiazole rings is 1. The van der Waals surface area contributed by atoms with Crippen molar-refractivity contribution in [3.8, 4) is 0 Å². The van der Waals surface area contributed by atoms with Crippen molar-refractivity contribution < 1.29 is 18.7 Å². The molecule has 1 saturated heterocycles. The second-order valence-electron chi connectivity index (χ2n) is 8.00. The molecule has 0 aliphatic carbocycles. The summed E-state index contributed by atoms with van der Waals surface area (Å²) >= 11 is 1.54. The molecule has 0 bridgehead atoms. The number of rotatable bonds is 7. The molecule has 1 fully saturated rings. The molecule has 0 unspecified atom stereocenters. The highest BCUT2D eigenvalue weighted by atomic mass is 32.1. The Morgan fingerprint density at radius 2 is 1.91 bits per heavy atom. The standard InChI is InChI=1S/C24H25FN4O3S/c1-17-27-21(16-33-17)11-28-12-22(32-15-19-6-8-26-9-7-19)13-29(14-24(28)31)23(30)10-18-2-4-20(25)5-3-18/h2-9,16,22H,10-15H2,1H3/t22-/m0/s1. The fourth-order valence-corrected chi connectivity index (χ4v) is 4.29. The quantitative estimate of drug-likeness (QED) is 0.533. The van der Waals surface area contributed by atoms with E-state index in [-0.39, 0.29) is 36.7 Å². The first-order valence-corrected chi connectivity index (χ1v) is 11.6. The van der Waals surface area contributed by atoms with E-state index in [4.69, 9.17) is 4.74 Å². The summed E-state index contributed by atoms with van der Waals surface area (Å²) in [6, 6.07) is 9.56. The lowest BCUT2D eigenvalue weighted by Crippen LogP contribution is -2.40. The van der Waals surface area contributed by atoms with Crippen LogP contribution in [0, 0.1) is 12.7 Å². The number of carbonyl (C=O) groups is 2. The average Bonchev–Trinajstić information content (AvgIpc) is 3.15. The molecule has 0 radical (unpaired) electrons. The maximum absolute atomic E-state index is 13.2. The van der Waals surface area contributed by atoms with Crippen LogP contribution in [0.3, 0.4) is 0 Å². The monoisotopic (exact) mass is 468 g/mol. The lowest BCUT2D eigenvalue weighted by atomic mass is 10.1. The Labute approximate surface area is 195 Å². The highest BCUT2D eigenvalue weighted by Gasteiger charge is 2.31. The zero-order valence-corrected chi connectivity index (χ0v) is 19.1. The second-order valence-corrected chi connectivity index (χ2v) is 9.06. The van der Waals surface area contributed by atoms with Crippen LogP contribution in [-0.4, -0.2) is 57.3 Å². The topological polar surface area (TPSA) is 75.6 Å².